The molecule has 4 rings (SSSR count). The van der Waals surface area contributed by atoms with E-state index in [1.807, 2.05) is 6.07 Å². The van der Waals surface area contributed by atoms with Gasteiger partial charge in [0.05, 0.1) is 16.3 Å². The monoisotopic (exact) mass is 324 g/mol. The molecule has 1 aliphatic rings. The summed E-state index contributed by atoms with van der Waals surface area (Å²) >= 11 is 0. The molecule has 0 radical (unpaired) electrons. The van der Waals surface area contributed by atoms with Crippen LogP contribution in [0.3, 0.4) is 0 Å². The van der Waals surface area contributed by atoms with E-state index in [1.54, 1.807) is 22.9 Å². The van der Waals surface area contributed by atoms with Crippen molar-refractivity contribution in [2.45, 2.75) is 6.42 Å². The van der Waals surface area contributed by atoms with E-state index in [2.05, 4.69) is 10.4 Å². The summed E-state index contributed by atoms with van der Waals surface area (Å²) in [6.07, 6.45) is 0.800. The first-order valence-electron chi connectivity index (χ1n) is 7.50. The van der Waals surface area contributed by atoms with Gasteiger partial charge in [0.15, 0.2) is 0 Å². The molecule has 120 valence electrons. The third kappa shape index (κ3) is 2.30. The Morgan fingerprint density at radius 3 is 2.71 bits per heavy atom. The van der Waals surface area contributed by atoms with Crippen molar-refractivity contribution in [1.29, 1.82) is 0 Å². The highest BCUT2D eigenvalue weighted by Crippen LogP contribution is 2.34. The molecule has 1 aromatic heterocycles. The maximum atomic E-state index is 13.5. The Balaban J connectivity index is 1.83. The number of hydrogen-bond acceptors (Lipinski definition) is 4. The first kappa shape index (κ1) is 14.4. The average Bonchev–Trinajstić information content (AvgIpc) is 3.17. The standard InChI is InChI=1S/C17H13FN4O2/c18-12-3-1-2-11(10-12)16-15-8-9-19-17(15)21(20-16)13-4-6-14(7-5-13)22(23)24/h1-7,10,19H,8-9H2. The van der Waals surface area contributed by atoms with E-state index in [4.69, 9.17) is 0 Å². The van der Waals surface area contributed by atoms with Gasteiger partial charge in [0.25, 0.3) is 5.69 Å². The Bertz CT molecular complexity index is 934. The molecular weight excluding hydrogens is 311 g/mol. The second-order valence-corrected chi connectivity index (χ2v) is 5.55. The van der Waals surface area contributed by atoms with Crippen LogP contribution < -0.4 is 5.32 Å². The highest BCUT2D eigenvalue weighted by Gasteiger charge is 2.24. The highest BCUT2D eigenvalue weighted by atomic mass is 19.1. The molecule has 1 N–H and O–H groups in total. The molecule has 0 bridgehead atoms. The Morgan fingerprint density at radius 2 is 2.00 bits per heavy atom. The zero-order valence-electron chi connectivity index (χ0n) is 12.6. The van der Waals surface area contributed by atoms with Gasteiger partial charge in [-0.05, 0) is 30.7 Å². The number of anilines is 1. The normalized spacial score (nSPS) is 12.7. The van der Waals surface area contributed by atoms with Crippen LogP contribution in [0.5, 0.6) is 0 Å². The molecule has 2 heterocycles. The highest BCUT2D eigenvalue weighted by molar-refractivity contribution is 5.72. The van der Waals surface area contributed by atoms with Crippen LogP contribution in [0.1, 0.15) is 5.56 Å². The SMILES string of the molecule is O=[N+]([O-])c1ccc(-n2nc(-c3cccc(F)c3)c3c2NCC3)cc1. The summed E-state index contributed by atoms with van der Waals surface area (Å²) in [5, 5.41) is 18.7. The van der Waals surface area contributed by atoms with Crippen LogP contribution in [0.25, 0.3) is 16.9 Å². The first-order valence-corrected chi connectivity index (χ1v) is 7.50. The Kier molecular flexibility index (Phi) is 3.26. The summed E-state index contributed by atoms with van der Waals surface area (Å²) in [6.45, 7) is 0.780. The predicted molar refractivity (Wildman–Crippen MR) is 87.8 cm³/mol. The fraction of sp³-hybridized carbons (Fsp3) is 0.118. The van der Waals surface area contributed by atoms with E-state index < -0.39 is 4.92 Å². The van der Waals surface area contributed by atoms with E-state index in [0.717, 1.165) is 35.6 Å². The summed E-state index contributed by atoms with van der Waals surface area (Å²) in [4.78, 5) is 10.4. The van der Waals surface area contributed by atoms with Gasteiger partial charge in [0, 0.05) is 29.8 Å². The van der Waals surface area contributed by atoms with Crippen LogP contribution in [0.4, 0.5) is 15.9 Å². The molecular formula is C17H13FN4O2. The van der Waals surface area contributed by atoms with Gasteiger partial charge in [0.2, 0.25) is 0 Å². The zero-order chi connectivity index (χ0) is 16.7. The van der Waals surface area contributed by atoms with Crippen molar-refractivity contribution in [3.05, 3.63) is 70.0 Å². The predicted octanol–water partition coefficient (Wildman–Crippen LogP) is 3.55. The third-order valence-corrected chi connectivity index (χ3v) is 4.05. The van der Waals surface area contributed by atoms with E-state index in [1.165, 1.54) is 24.3 Å². The fourth-order valence-electron chi connectivity index (χ4n) is 2.94. The van der Waals surface area contributed by atoms with Gasteiger partial charge >= 0.3 is 0 Å². The van der Waals surface area contributed by atoms with Crippen LogP contribution in [0.15, 0.2) is 48.5 Å². The van der Waals surface area contributed by atoms with Gasteiger partial charge in [-0.2, -0.15) is 5.10 Å². The number of hydrogen-bond donors (Lipinski definition) is 1. The molecule has 0 saturated carbocycles. The summed E-state index contributed by atoms with van der Waals surface area (Å²) in [7, 11) is 0. The van der Waals surface area contributed by atoms with E-state index in [-0.39, 0.29) is 11.5 Å². The molecule has 0 saturated heterocycles. The summed E-state index contributed by atoms with van der Waals surface area (Å²) < 4.78 is 15.3. The second kappa shape index (κ2) is 5.45. The summed E-state index contributed by atoms with van der Waals surface area (Å²) in [5.74, 6) is 0.542. The average molecular weight is 324 g/mol. The maximum Gasteiger partial charge on any atom is 0.269 e. The Hall–Kier alpha value is -3.22. The van der Waals surface area contributed by atoms with Crippen LogP contribution >= 0.6 is 0 Å². The second-order valence-electron chi connectivity index (χ2n) is 5.55. The molecule has 0 unspecified atom stereocenters. The van der Waals surface area contributed by atoms with E-state index in [0.29, 0.717) is 5.69 Å². The Labute approximate surface area is 136 Å². The minimum atomic E-state index is -0.437. The van der Waals surface area contributed by atoms with Crippen LogP contribution in [0, 0.1) is 15.9 Å². The van der Waals surface area contributed by atoms with Crippen molar-refractivity contribution < 1.29 is 9.31 Å². The lowest BCUT2D eigenvalue weighted by Crippen LogP contribution is -2.04. The molecule has 0 amide bonds. The molecule has 1 aliphatic heterocycles. The number of non-ortho nitro benzene ring substituents is 1. The lowest BCUT2D eigenvalue weighted by Gasteiger charge is -2.06. The number of nitro groups is 1. The fourth-order valence-corrected chi connectivity index (χ4v) is 2.94. The zero-order valence-corrected chi connectivity index (χ0v) is 12.6. The van der Waals surface area contributed by atoms with Crippen molar-refractivity contribution >= 4 is 11.5 Å². The minimum Gasteiger partial charge on any atom is -0.369 e. The molecule has 24 heavy (non-hydrogen) atoms. The number of fused-ring (bicyclic) bond motifs is 1. The van der Waals surface area contributed by atoms with Crippen molar-refractivity contribution in [2.75, 3.05) is 11.9 Å². The number of aromatic nitrogens is 2. The molecule has 0 aliphatic carbocycles. The quantitative estimate of drug-likeness (QED) is 0.590. The van der Waals surface area contributed by atoms with Crippen molar-refractivity contribution in [3.8, 4) is 16.9 Å². The van der Waals surface area contributed by atoms with E-state index >= 15 is 0 Å². The molecule has 2 aromatic carbocycles. The van der Waals surface area contributed by atoms with Gasteiger partial charge in [-0.3, -0.25) is 10.1 Å². The third-order valence-electron chi connectivity index (χ3n) is 4.05. The van der Waals surface area contributed by atoms with Crippen molar-refractivity contribution in [3.63, 3.8) is 0 Å². The van der Waals surface area contributed by atoms with Gasteiger partial charge in [-0.1, -0.05) is 12.1 Å². The van der Waals surface area contributed by atoms with Gasteiger partial charge in [-0.25, -0.2) is 9.07 Å². The lowest BCUT2D eigenvalue weighted by atomic mass is 10.1. The summed E-state index contributed by atoms with van der Waals surface area (Å²) in [6, 6.07) is 12.5. The number of halogens is 1. The van der Waals surface area contributed by atoms with Gasteiger partial charge in [0.1, 0.15) is 11.6 Å². The van der Waals surface area contributed by atoms with Gasteiger partial charge < -0.3 is 5.32 Å². The number of nitrogens with one attached hydrogen (secondary N) is 1. The smallest absolute Gasteiger partial charge is 0.269 e. The van der Waals surface area contributed by atoms with Crippen molar-refractivity contribution in [2.24, 2.45) is 0 Å². The molecule has 7 heteroatoms. The number of nitro benzene ring substituents is 1. The largest absolute Gasteiger partial charge is 0.369 e. The van der Waals surface area contributed by atoms with Crippen LogP contribution in [0.2, 0.25) is 0 Å². The minimum absolute atomic E-state index is 0.0286. The number of rotatable bonds is 3. The molecule has 6 nitrogen and oxygen atoms in total. The molecule has 0 atom stereocenters. The Morgan fingerprint density at radius 1 is 1.21 bits per heavy atom. The molecule has 0 spiro atoms. The van der Waals surface area contributed by atoms with Crippen molar-refractivity contribution in [1.82, 2.24) is 9.78 Å². The van der Waals surface area contributed by atoms with E-state index in [9.17, 15) is 14.5 Å². The van der Waals surface area contributed by atoms with Gasteiger partial charge in [-0.15, -0.1) is 0 Å². The number of nitrogens with zero attached hydrogens (tertiary/aromatic N) is 3. The topological polar surface area (TPSA) is 73.0 Å². The molecule has 0 fully saturated rings. The van der Waals surface area contributed by atoms with Crippen LogP contribution in [-0.4, -0.2) is 21.2 Å². The first-order chi connectivity index (χ1) is 11.6. The lowest BCUT2D eigenvalue weighted by molar-refractivity contribution is -0.384. The summed E-state index contributed by atoms with van der Waals surface area (Å²) in [5.41, 5.74) is 3.22. The maximum absolute atomic E-state index is 13.5. The number of benzene rings is 2. The molecule has 3 aromatic rings. The van der Waals surface area contributed by atoms with Crippen LogP contribution in [-0.2, 0) is 6.42 Å².